The van der Waals surface area contributed by atoms with E-state index < -0.39 is 0 Å². The van der Waals surface area contributed by atoms with Crippen LogP contribution in [0.4, 0.5) is 0 Å². The van der Waals surface area contributed by atoms with Gasteiger partial charge >= 0.3 is 29.6 Å². The van der Waals surface area contributed by atoms with E-state index in [-0.39, 0.29) is 29.6 Å². The van der Waals surface area contributed by atoms with Gasteiger partial charge in [-0.3, -0.25) is 9.83 Å². The third kappa shape index (κ3) is 10.4. The second-order valence-electron chi connectivity index (χ2n) is 7.20. The quantitative estimate of drug-likeness (QED) is 0.0707. The molecule has 0 N–H and O–H groups in total. The van der Waals surface area contributed by atoms with Gasteiger partial charge in [-0.1, -0.05) is 85.0 Å². The summed E-state index contributed by atoms with van der Waals surface area (Å²) in [5, 5.41) is 13.0. The molecule has 0 atom stereocenters. The third-order valence-electron chi connectivity index (χ3n) is 4.79. The summed E-state index contributed by atoms with van der Waals surface area (Å²) in [7, 11) is 0. The molecule has 3 aromatic carbocycles. The summed E-state index contributed by atoms with van der Waals surface area (Å²) in [4.78, 5) is 10.7. The minimum absolute atomic E-state index is 0. The summed E-state index contributed by atoms with van der Waals surface area (Å²) in [5.41, 5.74) is 5.05. The average molecular weight is 485 g/mol. The van der Waals surface area contributed by atoms with Crippen LogP contribution in [-0.4, -0.2) is 18.6 Å². The van der Waals surface area contributed by atoms with Crippen molar-refractivity contribution in [3.63, 3.8) is 0 Å². The van der Waals surface area contributed by atoms with Gasteiger partial charge < -0.3 is 9.99 Å². The summed E-state index contributed by atoms with van der Waals surface area (Å²) in [6.45, 7) is 0.610. The van der Waals surface area contributed by atoms with Crippen molar-refractivity contribution in [1.29, 1.82) is 0 Å². The Morgan fingerprint density at radius 1 is 0.676 bits per heavy atom. The van der Waals surface area contributed by atoms with E-state index in [0.29, 0.717) is 17.9 Å². The zero-order valence-corrected chi connectivity index (χ0v) is 21.9. The van der Waals surface area contributed by atoms with Gasteiger partial charge in [0.2, 0.25) is 0 Å². The van der Waals surface area contributed by atoms with Crippen LogP contribution in [0.15, 0.2) is 72.8 Å². The smallest absolute Gasteiger partial charge is 0.691 e. The Bertz CT molecular complexity index is 1030. The molecule has 0 aliphatic rings. The molecule has 0 radical (unpaired) electrons. The summed E-state index contributed by atoms with van der Waals surface area (Å²) >= 11 is 0.997. The molecule has 0 fully saturated rings. The van der Waals surface area contributed by atoms with Gasteiger partial charge in [-0.2, -0.15) is 4.33 Å². The van der Waals surface area contributed by atoms with E-state index in [4.69, 9.17) is 4.74 Å². The van der Waals surface area contributed by atoms with Crippen molar-refractivity contribution >= 4 is 42.6 Å². The van der Waals surface area contributed by atoms with Crippen molar-refractivity contribution in [2.24, 2.45) is 0 Å². The Labute approximate surface area is 226 Å². The first-order valence-electron chi connectivity index (χ1n) is 10.6. The van der Waals surface area contributed by atoms with Gasteiger partial charge in [-0.15, -0.1) is 0 Å². The molecule has 0 amide bonds. The zero-order valence-electron chi connectivity index (χ0n) is 19.1. The van der Waals surface area contributed by atoms with Crippen LogP contribution in [0, 0.1) is 0 Å². The maximum atomic E-state index is 10.7. The molecule has 0 bridgehead atoms. The predicted molar refractivity (Wildman–Crippen MR) is 132 cm³/mol. The molecule has 0 saturated heterocycles. The summed E-state index contributed by atoms with van der Waals surface area (Å²) in [5.74, 6) is 1.51. The maximum absolute atomic E-state index is 10.7. The van der Waals surface area contributed by atoms with Crippen LogP contribution in [0.5, 0.6) is 5.75 Å². The fourth-order valence-electron chi connectivity index (χ4n) is 2.97. The van der Waals surface area contributed by atoms with E-state index in [9.17, 15) is 10.1 Å². The molecule has 3 rings (SSSR count). The fraction of sp³-hybridized carbons (Fsp3) is 0.148. The Hall–Kier alpha value is -2.16. The number of ether oxygens (including phenoxy) is 1. The van der Waals surface area contributed by atoms with Crippen LogP contribution in [0.1, 0.15) is 45.5 Å². The SMILES string of the molecule is O=Cc1ccc(/C=C/c2ccc(/C=C/c3ccc(OCCCCSOO[O-])cc3)cc2)cc1.[Na+]. The molecule has 3 aromatic rings. The molecule has 5 nitrogen and oxygen atoms in total. The number of carbonyl (C=O) groups is 1. The van der Waals surface area contributed by atoms with Gasteiger partial charge in [0.25, 0.3) is 0 Å². The van der Waals surface area contributed by atoms with Gasteiger partial charge in [0.1, 0.15) is 12.0 Å². The third-order valence-corrected chi connectivity index (χ3v) is 5.40. The molecule has 0 spiro atoms. The molecule has 0 heterocycles. The van der Waals surface area contributed by atoms with Crippen LogP contribution in [0.25, 0.3) is 24.3 Å². The number of unbranched alkanes of at least 4 members (excludes halogenated alkanes) is 1. The van der Waals surface area contributed by atoms with Crippen LogP contribution >= 0.6 is 12.0 Å². The molecule has 34 heavy (non-hydrogen) atoms. The normalized spacial score (nSPS) is 11.0. The minimum atomic E-state index is 0. The van der Waals surface area contributed by atoms with Crippen LogP contribution < -0.4 is 39.6 Å². The molecule has 0 unspecified atom stereocenters. The number of aldehydes is 1. The number of carbonyl (C=O) groups excluding carboxylic acids is 1. The van der Waals surface area contributed by atoms with Crippen molar-refractivity contribution in [2.75, 3.05) is 12.4 Å². The molecule has 0 aliphatic carbocycles. The van der Waals surface area contributed by atoms with E-state index in [0.717, 1.165) is 59.2 Å². The summed E-state index contributed by atoms with van der Waals surface area (Å²) in [6.07, 6.45) is 10.8. The van der Waals surface area contributed by atoms with E-state index in [1.807, 2.05) is 54.6 Å². The molecular weight excluding hydrogens is 459 g/mol. The topological polar surface area (TPSA) is 67.8 Å². The monoisotopic (exact) mass is 484 g/mol. The van der Waals surface area contributed by atoms with Gasteiger partial charge in [0, 0.05) is 23.4 Å². The van der Waals surface area contributed by atoms with E-state index >= 15 is 0 Å². The Morgan fingerprint density at radius 3 is 1.56 bits per heavy atom. The number of hydrogen-bond donors (Lipinski definition) is 0. The van der Waals surface area contributed by atoms with Crippen molar-refractivity contribution in [3.05, 3.63) is 101 Å². The minimum Gasteiger partial charge on any atom is -0.691 e. The molecular formula is C27H25NaO5S. The summed E-state index contributed by atoms with van der Waals surface area (Å²) in [6, 6.07) is 23.7. The molecule has 0 aliphatic heterocycles. The Balaban J connectivity index is 0.00000408. The molecule has 7 heteroatoms. The fourth-order valence-corrected chi connectivity index (χ4v) is 3.40. The number of hydrogen-bond acceptors (Lipinski definition) is 6. The molecule has 0 saturated carbocycles. The first-order chi connectivity index (χ1) is 16.3. The van der Waals surface area contributed by atoms with Crippen LogP contribution in [0.3, 0.4) is 0 Å². The Kier molecular flexibility index (Phi) is 13.6. The first-order valence-corrected chi connectivity index (χ1v) is 11.5. The maximum Gasteiger partial charge on any atom is 1.00 e. The molecule has 0 aromatic heterocycles. The zero-order chi connectivity index (χ0) is 23.1. The number of rotatable bonds is 13. The second-order valence-corrected chi connectivity index (χ2v) is 7.98. The van der Waals surface area contributed by atoms with Crippen molar-refractivity contribution in [1.82, 2.24) is 0 Å². The molecule has 170 valence electrons. The van der Waals surface area contributed by atoms with Crippen molar-refractivity contribution < 1.29 is 53.7 Å². The van der Waals surface area contributed by atoms with E-state index in [2.05, 4.69) is 51.9 Å². The Morgan fingerprint density at radius 2 is 1.12 bits per heavy atom. The second kappa shape index (κ2) is 16.5. The van der Waals surface area contributed by atoms with Crippen molar-refractivity contribution in [3.8, 4) is 5.75 Å². The van der Waals surface area contributed by atoms with Crippen LogP contribution in [-0.2, 0) is 9.37 Å². The van der Waals surface area contributed by atoms with Gasteiger partial charge in [0.15, 0.2) is 0 Å². The number of benzene rings is 3. The summed E-state index contributed by atoms with van der Waals surface area (Å²) < 4.78 is 9.93. The van der Waals surface area contributed by atoms with Crippen molar-refractivity contribution in [2.45, 2.75) is 12.8 Å². The largest absolute Gasteiger partial charge is 1.00 e. The van der Waals surface area contributed by atoms with Gasteiger partial charge in [-0.25, -0.2) is 0 Å². The van der Waals surface area contributed by atoms with E-state index in [1.54, 1.807) is 0 Å². The van der Waals surface area contributed by atoms with E-state index in [1.165, 1.54) is 0 Å². The van der Waals surface area contributed by atoms with Gasteiger partial charge in [0.05, 0.1) is 6.61 Å². The average Bonchev–Trinajstić information content (AvgIpc) is 2.87. The first kappa shape index (κ1) is 28.1. The van der Waals surface area contributed by atoms with Gasteiger partial charge in [-0.05, 0) is 47.2 Å². The standard InChI is InChI=1S/C27H26O5S.Na/c28-21-26-13-11-24(12-14-26)8-7-22-3-5-23(6-4-22)9-10-25-15-17-27(18-16-25)30-19-1-2-20-33-32-31-29;/h3-18,21,29H,1-2,19-20H2;/q;+1/p-1/b8-7+,10-9+;. The van der Waals surface area contributed by atoms with Crippen LogP contribution in [0.2, 0.25) is 0 Å². The predicted octanol–water partition coefficient (Wildman–Crippen LogP) is 2.87.